The molecule has 1 fully saturated rings. The zero-order valence-corrected chi connectivity index (χ0v) is 10.9. The monoisotopic (exact) mass is 244 g/mol. The second kappa shape index (κ2) is 4.73. The average molecular weight is 244 g/mol. The van der Waals surface area contributed by atoms with Gasteiger partial charge < -0.3 is 4.90 Å². The first-order chi connectivity index (χ1) is 8.74. The van der Waals surface area contributed by atoms with Gasteiger partial charge in [0.15, 0.2) is 0 Å². The second-order valence-electron chi connectivity index (χ2n) is 5.45. The molecule has 2 aliphatic rings. The Morgan fingerprint density at radius 2 is 2.00 bits per heavy atom. The normalized spacial score (nSPS) is 24.4. The van der Waals surface area contributed by atoms with Crippen LogP contribution in [0.25, 0.3) is 0 Å². The molecule has 0 aromatic heterocycles. The summed E-state index contributed by atoms with van der Waals surface area (Å²) in [7, 11) is 1.94. The van der Waals surface area contributed by atoms with Crippen molar-refractivity contribution < 1.29 is 4.79 Å². The van der Waals surface area contributed by atoms with Crippen molar-refractivity contribution in [1.29, 1.82) is 0 Å². The Hall–Kier alpha value is -1.35. The van der Waals surface area contributed by atoms with E-state index < -0.39 is 0 Å². The van der Waals surface area contributed by atoms with Crippen LogP contribution in [-0.4, -0.2) is 41.9 Å². The summed E-state index contributed by atoms with van der Waals surface area (Å²) in [5.41, 5.74) is 2.94. The van der Waals surface area contributed by atoms with Gasteiger partial charge >= 0.3 is 0 Å². The average Bonchev–Trinajstić information content (AvgIpc) is 2.71. The molecule has 0 saturated carbocycles. The number of hydrogen-bond donors (Lipinski definition) is 0. The zero-order valence-electron chi connectivity index (χ0n) is 10.9. The lowest BCUT2D eigenvalue weighted by molar-refractivity contribution is -0.127. The number of likely N-dealkylation sites (N-methyl/N-ethyl adjacent to an activating group) is 1. The Labute approximate surface area is 108 Å². The highest BCUT2D eigenvalue weighted by Crippen LogP contribution is 2.22. The Kier molecular flexibility index (Phi) is 3.08. The number of rotatable bonds is 2. The van der Waals surface area contributed by atoms with Gasteiger partial charge in [-0.25, -0.2) is 0 Å². The topological polar surface area (TPSA) is 23.6 Å². The summed E-state index contributed by atoms with van der Waals surface area (Å²) in [6, 6.07) is 9.12. The van der Waals surface area contributed by atoms with E-state index in [0.717, 1.165) is 38.9 Å². The highest BCUT2D eigenvalue weighted by molar-refractivity contribution is 5.78. The van der Waals surface area contributed by atoms with E-state index in [2.05, 4.69) is 29.2 Å². The molecular weight excluding hydrogens is 224 g/mol. The van der Waals surface area contributed by atoms with Crippen LogP contribution in [0.5, 0.6) is 0 Å². The van der Waals surface area contributed by atoms with Gasteiger partial charge in [0, 0.05) is 39.1 Å². The molecule has 2 heterocycles. The summed E-state index contributed by atoms with van der Waals surface area (Å²) in [4.78, 5) is 16.0. The van der Waals surface area contributed by atoms with Gasteiger partial charge in [0.2, 0.25) is 5.91 Å². The lowest BCUT2D eigenvalue weighted by Crippen LogP contribution is -2.41. The van der Waals surface area contributed by atoms with Crippen LogP contribution in [0.1, 0.15) is 24.0 Å². The third kappa shape index (κ3) is 2.15. The molecule has 96 valence electrons. The van der Waals surface area contributed by atoms with E-state index in [1.165, 1.54) is 11.1 Å². The SMILES string of the molecule is CN1C(=O)CCC1CN1CCc2ccccc2C1. The number of hydrogen-bond acceptors (Lipinski definition) is 2. The number of fused-ring (bicyclic) bond motifs is 1. The van der Waals surface area contributed by atoms with Crippen LogP contribution >= 0.6 is 0 Å². The van der Waals surface area contributed by atoms with Gasteiger partial charge in [-0.15, -0.1) is 0 Å². The molecule has 1 aromatic carbocycles. The van der Waals surface area contributed by atoms with Gasteiger partial charge in [-0.05, 0) is 24.0 Å². The number of nitrogens with zero attached hydrogens (tertiary/aromatic N) is 2. The quantitative estimate of drug-likeness (QED) is 0.790. The lowest BCUT2D eigenvalue weighted by Gasteiger charge is -2.32. The Bertz CT molecular complexity index is 458. The van der Waals surface area contributed by atoms with Gasteiger partial charge in [-0.1, -0.05) is 24.3 Å². The third-order valence-corrected chi connectivity index (χ3v) is 4.31. The van der Waals surface area contributed by atoms with Gasteiger partial charge in [-0.3, -0.25) is 9.69 Å². The van der Waals surface area contributed by atoms with Gasteiger partial charge in [0.25, 0.3) is 0 Å². The van der Waals surface area contributed by atoms with Crippen molar-refractivity contribution in [1.82, 2.24) is 9.80 Å². The Morgan fingerprint density at radius 3 is 2.72 bits per heavy atom. The van der Waals surface area contributed by atoms with E-state index in [-0.39, 0.29) is 0 Å². The summed E-state index contributed by atoms with van der Waals surface area (Å²) >= 11 is 0. The number of carbonyl (C=O) groups is 1. The largest absolute Gasteiger partial charge is 0.341 e. The van der Waals surface area contributed by atoms with Crippen LogP contribution in [0, 0.1) is 0 Å². The molecule has 2 aliphatic heterocycles. The van der Waals surface area contributed by atoms with E-state index in [9.17, 15) is 4.79 Å². The molecule has 0 bridgehead atoms. The fourth-order valence-electron chi connectivity index (χ4n) is 3.09. The minimum Gasteiger partial charge on any atom is -0.341 e. The van der Waals surface area contributed by atoms with E-state index in [1.54, 1.807) is 0 Å². The standard InChI is InChI=1S/C15H20N2O/c1-16-14(6-7-15(16)18)11-17-9-8-12-4-2-3-5-13(12)10-17/h2-5,14H,6-11H2,1H3. The van der Waals surface area contributed by atoms with Crippen molar-refractivity contribution in [2.24, 2.45) is 0 Å². The van der Waals surface area contributed by atoms with E-state index in [1.807, 2.05) is 11.9 Å². The van der Waals surface area contributed by atoms with Crippen molar-refractivity contribution >= 4 is 5.91 Å². The molecule has 0 N–H and O–H groups in total. The van der Waals surface area contributed by atoms with Crippen LogP contribution in [-0.2, 0) is 17.8 Å². The fourth-order valence-corrected chi connectivity index (χ4v) is 3.09. The summed E-state index contributed by atoms with van der Waals surface area (Å²) in [6.07, 6.45) is 2.89. The number of likely N-dealkylation sites (tertiary alicyclic amines) is 1. The molecule has 3 heteroatoms. The van der Waals surface area contributed by atoms with Crippen LogP contribution in [0.4, 0.5) is 0 Å². The molecule has 0 aliphatic carbocycles. The molecule has 18 heavy (non-hydrogen) atoms. The number of amides is 1. The van der Waals surface area contributed by atoms with Crippen LogP contribution in [0.3, 0.4) is 0 Å². The molecule has 1 unspecified atom stereocenters. The summed E-state index contributed by atoms with van der Waals surface area (Å²) in [6.45, 7) is 3.18. The predicted octanol–water partition coefficient (Wildman–Crippen LogP) is 1.67. The molecule has 1 atom stereocenters. The maximum atomic E-state index is 11.5. The van der Waals surface area contributed by atoms with Gasteiger partial charge in [0.05, 0.1) is 0 Å². The van der Waals surface area contributed by atoms with Crippen LogP contribution in [0.2, 0.25) is 0 Å². The fraction of sp³-hybridized carbons (Fsp3) is 0.533. The van der Waals surface area contributed by atoms with Crippen molar-refractivity contribution in [2.75, 3.05) is 20.1 Å². The summed E-state index contributed by atoms with van der Waals surface area (Å²) in [5.74, 6) is 0.303. The van der Waals surface area contributed by atoms with Crippen molar-refractivity contribution in [3.05, 3.63) is 35.4 Å². The highest BCUT2D eigenvalue weighted by atomic mass is 16.2. The molecule has 0 spiro atoms. The second-order valence-corrected chi connectivity index (χ2v) is 5.45. The minimum absolute atomic E-state index is 0.303. The van der Waals surface area contributed by atoms with Crippen LogP contribution < -0.4 is 0 Å². The molecule has 1 saturated heterocycles. The maximum Gasteiger partial charge on any atom is 0.222 e. The van der Waals surface area contributed by atoms with Crippen LogP contribution in [0.15, 0.2) is 24.3 Å². The third-order valence-electron chi connectivity index (χ3n) is 4.31. The molecule has 3 rings (SSSR count). The summed E-state index contributed by atoms with van der Waals surface area (Å²) < 4.78 is 0. The smallest absolute Gasteiger partial charge is 0.222 e. The number of benzene rings is 1. The first-order valence-corrected chi connectivity index (χ1v) is 6.79. The Morgan fingerprint density at radius 1 is 1.22 bits per heavy atom. The molecular formula is C15H20N2O. The van der Waals surface area contributed by atoms with Gasteiger partial charge in [-0.2, -0.15) is 0 Å². The lowest BCUT2D eigenvalue weighted by atomic mass is 9.99. The maximum absolute atomic E-state index is 11.5. The molecule has 1 aromatic rings. The van der Waals surface area contributed by atoms with Crippen molar-refractivity contribution in [2.45, 2.75) is 31.8 Å². The highest BCUT2D eigenvalue weighted by Gasteiger charge is 2.29. The first kappa shape index (κ1) is 11.7. The molecule has 0 radical (unpaired) electrons. The van der Waals surface area contributed by atoms with E-state index in [0.29, 0.717) is 11.9 Å². The van der Waals surface area contributed by atoms with Gasteiger partial charge in [0.1, 0.15) is 0 Å². The Balaban J connectivity index is 1.65. The zero-order chi connectivity index (χ0) is 12.5. The first-order valence-electron chi connectivity index (χ1n) is 6.79. The van der Waals surface area contributed by atoms with E-state index >= 15 is 0 Å². The molecule has 3 nitrogen and oxygen atoms in total. The predicted molar refractivity (Wildman–Crippen MR) is 71.2 cm³/mol. The van der Waals surface area contributed by atoms with Crippen molar-refractivity contribution in [3.8, 4) is 0 Å². The molecule has 1 amide bonds. The number of carbonyl (C=O) groups excluding carboxylic acids is 1. The minimum atomic E-state index is 0.303. The van der Waals surface area contributed by atoms with E-state index in [4.69, 9.17) is 0 Å². The summed E-state index contributed by atoms with van der Waals surface area (Å²) in [5, 5.41) is 0. The van der Waals surface area contributed by atoms with Crippen molar-refractivity contribution in [3.63, 3.8) is 0 Å².